The van der Waals surface area contributed by atoms with Gasteiger partial charge in [0.25, 0.3) is 0 Å². The molecule has 3 saturated heterocycles. The topological polar surface area (TPSA) is 44.8 Å². The molecule has 4 fully saturated rings. The van der Waals surface area contributed by atoms with Crippen molar-refractivity contribution in [1.29, 1.82) is 0 Å². The van der Waals surface area contributed by atoms with Crippen LogP contribution in [0.25, 0.3) is 0 Å². The summed E-state index contributed by atoms with van der Waals surface area (Å²) >= 11 is 0. The van der Waals surface area contributed by atoms with Gasteiger partial charge in [0.1, 0.15) is 0 Å². The van der Waals surface area contributed by atoms with E-state index >= 15 is 0 Å². The van der Waals surface area contributed by atoms with Gasteiger partial charge in [0, 0.05) is 38.1 Å². The summed E-state index contributed by atoms with van der Waals surface area (Å²) in [4.78, 5) is 17.7. The van der Waals surface area contributed by atoms with Gasteiger partial charge in [0.2, 0.25) is 5.91 Å². The minimum atomic E-state index is 0. The molecule has 7 heteroatoms. The molecule has 1 saturated carbocycles. The normalized spacial score (nSPS) is 32.1. The Bertz CT molecular complexity index is 426. The molecule has 2 unspecified atom stereocenters. The van der Waals surface area contributed by atoms with Crippen LogP contribution in [0.1, 0.15) is 32.1 Å². The van der Waals surface area contributed by atoms with Gasteiger partial charge in [0.05, 0.1) is 13.2 Å². The van der Waals surface area contributed by atoms with E-state index in [-0.39, 0.29) is 24.8 Å². The van der Waals surface area contributed by atoms with Gasteiger partial charge in [-0.05, 0) is 50.6 Å². The predicted molar refractivity (Wildman–Crippen MR) is 99.1 cm³/mol. The summed E-state index contributed by atoms with van der Waals surface area (Å²) in [5.41, 5.74) is 0.369. The van der Waals surface area contributed by atoms with Crippen LogP contribution in [-0.4, -0.2) is 74.2 Å². The summed E-state index contributed by atoms with van der Waals surface area (Å²) in [5.74, 6) is 0.803. The van der Waals surface area contributed by atoms with E-state index < -0.39 is 0 Å². The van der Waals surface area contributed by atoms with Crippen molar-refractivity contribution in [3.8, 4) is 0 Å². The van der Waals surface area contributed by atoms with Gasteiger partial charge in [-0.3, -0.25) is 9.69 Å². The molecule has 3 heterocycles. The Kier molecular flexibility index (Phi) is 7.21. The molecule has 0 aromatic carbocycles. The lowest BCUT2D eigenvalue weighted by atomic mass is 9.91. The first-order chi connectivity index (χ1) is 10.8. The second kappa shape index (κ2) is 8.54. The summed E-state index contributed by atoms with van der Waals surface area (Å²) < 4.78 is 5.43. The summed E-state index contributed by atoms with van der Waals surface area (Å²) in [6.45, 7) is 7.98. The van der Waals surface area contributed by atoms with Gasteiger partial charge in [-0.15, -0.1) is 24.8 Å². The molecule has 0 radical (unpaired) electrons. The van der Waals surface area contributed by atoms with E-state index in [1.807, 2.05) is 0 Å². The number of carbonyl (C=O) groups excluding carboxylic acids is 1. The molecule has 1 aliphatic carbocycles. The first-order valence-electron chi connectivity index (χ1n) is 9.10. The quantitative estimate of drug-likeness (QED) is 0.807. The Hall–Kier alpha value is -0.0700. The minimum Gasteiger partial charge on any atom is -0.379 e. The lowest BCUT2D eigenvalue weighted by Gasteiger charge is -2.33. The van der Waals surface area contributed by atoms with Gasteiger partial charge in [-0.2, -0.15) is 0 Å². The highest BCUT2D eigenvalue weighted by molar-refractivity contribution is 5.85. The first-order valence-corrected chi connectivity index (χ1v) is 9.10. The third-order valence-corrected chi connectivity index (χ3v) is 6.32. The maximum absolute atomic E-state index is 13.0. The third kappa shape index (κ3) is 4.01. The molecule has 140 valence electrons. The average molecular weight is 380 g/mol. The average Bonchev–Trinajstić information content (AvgIpc) is 3.04. The maximum Gasteiger partial charge on any atom is 0.226 e. The fraction of sp³-hybridized carbons (Fsp3) is 0.941. The van der Waals surface area contributed by atoms with E-state index in [9.17, 15) is 4.79 Å². The van der Waals surface area contributed by atoms with Crippen molar-refractivity contribution in [2.24, 2.45) is 11.3 Å². The number of halogens is 2. The van der Waals surface area contributed by atoms with E-state index in [4.69, 9.17) is 4.74 Å². The highest BCUT2D eigenvalue weighted by Gasteiger charge is 2.59. The SMILES string of the molecule is Cl.Cl.O=C(C1CC12CCNCC2)N1CCCC1CN1CCOCC1. The van der Waals surface area contributed by atoms with Gasteiger partial charge in [0.15, 0.2) is 0 Å². The molecule has 0 aromatic heterocycles. The molecule has 5 nitrogen and oxygen atoms in total. The number of ether oxygens (including phenoxy) is 1. The highest BCUT2D eigenvalue weighted by atomic mass is 35.5. The number of nitrogens with zero attached hydrogens (tertiary/aromatic N) is 2. The molecular formula is C17H31Cl2N3O2. The first kappa shape index (κ1) is 20.2. The van der Waals surface area contributed by atoms with Crippen LogP contribution in [0.5, 0.6) is 0 Å². The van der Waals surface area contributed by atoms with Crippen LogP contribution in [0.4, 0.5) is 0 Å². The Balaban J connectivity index is 0.00000104. The fourth-order valence-electron chi connectivity index (χ4n) is 4.77. The molecule has 1 N–H and O–H groups in total. The summed E-state index contributed by atoms with van der Waals surface area (Å²) in [7, 11) is 0. The molecule has 24 heavy (non-hydrogen) atoms. The maximum atomic E-state index is 13.0. The molecular weight excluding hydrogens is 349 g/mol. The number of piperidine rings is 1. The van der Waals surface area contributed by atoms with E-state index in [1.165, 1.54) is 25.7 Å². The lowest BCUT2D eigenvalue weighted by Crippen LogP contribution is -2.47. The monoisotopic (exact) mass is 379 g/mol. The zero-order valence-corrected chi connectivity index (χ0v) is 16.0. The molecule has 0 aromatic rings. The van der Waals surface area contributed by atoms with Gasteiger partial charge >= 0.3 is 0 Å². The van der Waals surface area contributed by atoms with Crippen molar-refractivity contribution >= 4 is 30.7 Å². The molecule has 3 aliphatic heterocycles. The van der Waals surface area contributed by atoms with Crippen molar-refractivity contribution in [1.82, 2.24) is 15.1 Å². The number of hydrogen-bond donors (Lipinski definition) is 1. The molecule has 2 atom stereocenters. The van der Waals surface area contributed by atoms with Crippen molar-refractivity contribution < 1.29 is 9.53 Å². The Labute approximate surface area is 157 Å². The molecule has 0 bridgehead atoms. The van der Waals surface area contributed by atoms with E-state index in [0.29, 0.717) is 23.3 Å². The van der Waals surface area contributed by atoms with Crippen LogP contribution < -0.4 is 5.32 Å². The number of amides is 1. The van der Waals surface area contributed by atoms with Crippen LogP contribution >= 0.6 is 24.8 Å². The number of nitrogens with one attached hydrogen (secondary N) is 1. The molecule has 1 spiro atoms. The summed E-state index contributed by atoms with van der Waals surface area (Å²) in [6, 6.07) is 0.449. The van der Waals surface area contributed by atoms with Crippen LogP contribution in [0.15, 0.2) is 0 Å². The fourth-order valence-corrected chi connectivity index (χ4v) is 4.77. The predicted octanol–water partition coefficient (Wildman–Crippen LogP) is 1.54. The number of rotatable bonds is 3. The Morgan fingerprint density at radius 3 is 2.54 bits per heavy atom. The smallest absolute Gasteiger partial charge is 0.226 e. The van der Waals surface area contributed by atoms with Gasteiger partial charge in [-0.25, -0.2) is 0 Å². The second-order valence-electron chi connectivity index (χ2n) is 7.61. The van der Waals surface area contributed by atoms with Crippen molar-refractivity contribution in [3.05, 3.63) is 0 Å². The lowest BCUT2D eigenvalue weighted by molar-refractivity contribution is -0.135. The second-order valence-corrected chi connectivity index (χ2v) is 7.61. The van der Waals surface area contributed by atoms with E-state index in [0.717, 1.165) is 58.9 Å². The number of likely N-dealkylation sites (tertiary alicyclic amines) is 1. The summed E-state index contributed by atoms with van der Waals surface area (Å²) in [5, 5.41) is 3.43. The molecule has 4 rings (SSSR count). The summed E-state index contributed by atoms with van der Waals surface area (Å²) in [6.07, 6.45) is 5.91. The van der Waals surface area contributed by atoms with Crippen LogP contribution in [0, 0.1) is 11.3 Å². The van der Waals surface area contributed by atoms with Gasteiger partial charge < -0.3 is 15.0 Å². The Morgan fingerprint density at radius 1 is 1.12 bits per heavy atom. The van der Waals surface area contributed by atoms with Crippen LogP contribution in [0.3, 0.4) is 0 Å². The van der Waals surface area contributed by atoms with Crippen molar-refractivity contribution in [2.45, 2.75) is 38.1 Å². The third-order valence-electron chi connectivity index (χ3n) is 6.32. The van der Waals surface area contributed by atoms with E-state index in [1.54, 1.807) is 0 Å². The highest BCUT2D eigenvalue weighted by Crippen LogP contribution is 2.59. The number of carbonyl (C=O) groups is 1. The Morgan fingerprint density at radius 2 is 1.83 bits per heavy atom. The van der Waals surface area contributed by atoms with Crippen LogP contribution in [-0.2, 0) is 9.53 Å². The van der Waals surface area contributed by atoms with Crippen molar-refractivity contribution in [3.63, 3.8) is 0 Å². The zero-order valence-electron chi connectivity index (χ0n) is 14.4. The van der Waals surface area contributed by atoms with Crippen molar-refractivity contribution in [2.75, 3.05) is 52.5 Å². The molecule has 4 aliphatic rings. The minimum absolute atomic E-state index is 0. The zero-order chi connectivity index (χ0) is 15.0. The standard InChI is InChI=1S/C17H29N3O2.2ClH/c21-16(15-12-17(15)3-5-18-6-4-17)20-7-1-2-14(20)13-19-8-10-22-11-9-19;;/h14-15,18H,1-13H2;2*1H. The number of morpholine rings is 1. The van der Waals surface area contributed by atoms with E-state index in [2.05, 4.69) is 15.1 Å². The molecule has 1 amide bonds. The van der Waals surface area contributed by atoms with Crippen LogP contribution in [0.2, 0.25) is 0 Å². The largest absolute Gasteiger partial charge is 0.379 e. The number of hydrogen-bond acceptors (Lipinski definition) is 4. The van der Waals surface area contributed by atoms with Gasteiger partial charge in [-0.1, -0.05) is 0 Å².